The molecule has 1 amide bonds. The number of carbonyl (C=O) groups excluding carboxylic acids is 1. The van der Waals surface area contributed by atoms with Crippen LogP contribution in [-0.2, 0) is 4.79 Å². The van der Waals surface area contributed by atoms with Crippen molar-refractivity contribution in [3.63, 3.8) is 0 Å². The van der Waals surface area contributed by atoms with E-state index >= 15 is 0 Å². The van der Waals surface area contributed by atoms with E-state index in [1.54, 1.807) is 0 Å². The van der Waals surface area contributed by atoms with Gasteiger partial charge in [-0.1, -0.05) is 49.4 Å². The average molecular weight is 415 g/mol. The SMILES string of the molecule is CCC(C(=O)N1CCN(c2nc3ccccc3c3nnc(C)n23)CC1)c1ccccc1. The number of piperazine rings is 1. The highest BCUT2D eigenvalue weighted by Gasteiger charge is 2.29. The molecule has 1 aliphatic heterocycles. The summed E-state index contributed by atoms with van der Waals surface area (Å²) in [6.07, 6.45) is 0.801. The summed E-state index contributed by atoms with van der Waals surface area (Å²) in [6.45, 7) is 6.85. The van der Waals surface area contributed by atoms with E-state index in [1.807, 2.05) is 70.8 Å². The maximum Gasteiger partial charge on any atom is 0.230 e. The van der Waals surface area contributed by atoms with E-state index in [-0.39, 0.29) is 11.8 Å². The molecule has 3 heterocycles. The molecule has 1 atom stereocenters. The van der Waals surface area contributed by atoms with Gasteiger partial charge in [0.15, 0.2) is 5.65 Å². The number of anilines is 1. The molecular formula is C24H26N6O. The zero-order valence-electron chi connectivity index (χ0n) is 17.9. The molecular weight excluding hydrogens is 388 g/mol. The quantitative estimate of drug-likeness (QED) is 0.512. The van der Waals surface area contributed by atoms with Gasteiger partial charge in [0.05, 0.1) is 11.4 Å². The largest absolute Gasteiger partial charge is 0.339 e. The maximum atomic E-state index is 13.2. The zero-order valence-corrected chi connectivity index (χ0v) is 17.9. The van der Waals surface area contributed by atoms with Crippen LogP contribution in [0.4, 0.5) is 5.95 Å². The van der Waals surface area contributed by atoms with Gasteiger partial charge in [0.2, 0.25) is 11.9 Å². The van der Waals surface area contributed by atoms with Crippen LogP contribution < -0.4 is 4.90 Å². The van der Waals surface area contributed by atoms with Gasteiger partial charge < -0.3 is 9.80 Å². The number of aromatic nitrogens is 4. The summed E-state index contributed by atoms with van der Waals surface area (Å²) >= 11 is 0. The fraction of sp³-hybridized carbons (Fsp3) is 0.333. The maximum absolute atomic E-state index is 13.2. The van der Waals surface area contributed by atoms with Gasteiger partial charge in [-0.2, -0.15) is 0 Å². The highest BCUT2D eigenvalue weighted by Crippen LogP contribution is 2.26. The second-order valence-corrected chi connectivity index (χ2v) is 8.02. The Kier molecular flexibility index (Phi) is 5.02. The summed E-state index contributed by atoms with van der Waals surface area (Å²) in [5.74, 6) is 1.79. The number of aryl methyl sites for hydroxylation is 1. The van der Waals surface area contributed by atoms with Gasteiger partial charge in [0.1, 0.15) is 5.82 Å². The van der Waals surface area contributed by atoms with Gasteiger partial charge in [-0.05, 0) is 31.0 Å². The zero-order chi connectivity index (χ0) is 21.4. The fourth-order valence-corrected chi connectivity index (χ4v) is 4.49. The van der Waals surface area contributed by atoms with E-state index < -0.39 is 0 Å². The molecule has 1 saturated heterocycles. The molecule has 0 radical (unpaired) electrons. The van der Waals surface area contributed by atoms with Crippen molar-refractivity contribution in [3.05, 3.63) is 66.0 Å². The normalized spacial score (nSPS) is 15.5. The van der Waals surface area contributed by atoms with E-state index in [1.165, 1.54) is 0 Å². The first-order valence-electron chi connectivity index (χ1n) is 10.9. The molecule has 0 spiro atoms. The summed E-state index contributed by atoms with van der Waals surface area (Å²) in [7, 11) is 0. The third-order valence-corrected chi connectivity index (χ3v) is 6.17. The van der Waals surface area contributed by atoms with Gasteiger partial charge >= 0.3 is 0 Å². The van der Waals surface area contributed by atoms with E-state index in [0.717, 1.165) is 53.4 Å². The second kappa shape index (κ2) is 7.98. The molecule has 0 saturated carbocycles. The van der Waals surface area contributed by atoms with E-state index in [9.17, 15) is 4.79 Å². The highest BCUT2D eigenvalue weighted by molar-refractivity contribution is 5.92. The topological polar surface area (TPSA) is 66.6 Å². The summed E-state index contributed by atoms with van der Waals surface area (Å²) in [5.41, 5.74) is 2.83. The number of fused-ring (bicyclic) bond motifs is 3. The lowest BCUT2D eigenvalue weighted by Gasteiger charge is -2.37. The van der Waals surface area contributed by atoms with Crippen molar-refractivity contribution in [2.75, 3.05) is 31.1 Å². The number of amides is 1. The Morgan fingerprint density at radius 2 is 1.68 bits per heavy atom. The lowest BCUT2D eigenvalue weighted by atomic mass is 9.95. The predicted octanol–water partition coefficient (Wildman–Crippen LogP) is 3.43. The molecule has 158 valence electrons. The third kappa shape index (κ3) is 3.40. The summed E-state index contributed by atoms with van der Waals surface area (Å²) < 4.78 is 2.03. The smallest absolute Gasteiger partial charge is 0.230 e. The van der Waals surface area contributed by atoms with Gasteiger partial charge in [-0.15, -0.1) is 10.2 Å². The van der Waals surface area contributed by atoms with Crippen LogP contribution in [0.25, 0.3) is 16.6 Å². The van der Waals surface area contributed by atoms with Gasteiger partial charge in [-0.25, -0.2) is 9.38 Å². The first kappa shape index (κ1) is 19.5. The highest BCUT2D eigenvalue weighted by atomic mass is 16.2. The fourth-order valence-electron chi connectivity index (χ4n) is 4.49. The van der Waals surface area contributed by atoms with Crippen LogP contribution in [0.1, 0.15) is 30.7 Å². The van der Waals surface area contributed by atoms with Gasteiger partial charge in [0, 0.05) is 31.6 Å². The van der Waals surface area contributed by atoms with Crippen molar-refractivity contribution >= 4 is 28.4 Å². The third-order valence-electron chi connectivity index (χ3n) is 6.17. The summed E-state index contributed by atoms with van der Waals surface area (Å²) in [5, 5.41) is 9.68. The molecule has 1 fully saturated rings. The number of para-hydroxylation sites is 1. The van der Waals surface area contributed by atoms with Crippen LogP contribution in [0.5, 0.6) is 0 Å². The van der Waals surface area contributed by atoms with Crippen LogP contribution >= 0.6 is 0 Å². The Morgan fingerprint density at radius 1 is 0.968 bits per heavy atom. The molecule has 7 heteroatoms. The van der Waals surface area contributed by atoms with Crippen LogP contribution in [0.15, 0.2) is 54.6 Å². The molecule has 4 aromatic rings. The van der Waals surface area contributed by atoms with Crippen molar-refractivity contribution in [2.24, 2.45) is 0 Å². The second-order valence-electron chi connectivity index (χ2n) is 8.02. The molecule has 5 rings (SSSR count). The van der Waals surface area contributed by atoms with Crippen LogP contribution in [-0.4, -0.2) is 56.6 Å². The number of benzene rings is 2. The van der Waals surface area contributed by atoms with E-state index in [2.05, 4.69) is 22.0 Å². The van der Waals surface area contributed by atoms with Gasteiger partial charge in [-0.3, -0.25) is 4.79 Å². The lowest BCUT2D eigenvalue weighted by molar-refractivity contribution is -0.133. The molecule has 2 aromatic carbocycles. The summed E-state index contributed by atoms with van der Waals surface area (Å²) in [4.78, 5) is 22.4. The Hall–Kier alpha value is -3.48. The number of hydrogen-bond acceptors (Lipinski definition) is 5. The molecule has 0 bridgehead atoms. The van der Waals surface area contributed by atoms with Gasteiger partial charge in [0.25, 0.3) is 0 Å². The standard InChI is InChI=1S/C24H26N6O/c1-3-19(18-9-5-4-6-10-18)23(31)28-13-15-29(16-14-28)24-25-21-12-8-7-11-20(21)22-27-26-17(2)30(22)24/h4-12,19H,3,13-16H2,1-2H3. The Labute approximate surface area is 181 Å². The van der Waals surface area contributed by atoms with E-state index in [4.69, 9.17) is 4.98 Å². The minimum atomic E-state index is -0.0849. The van der Waals surface area contributed by atoms with Crippen molar-refractivity contribution < 1.29 is 4.79 Å². The molecule has 1 aliphatic rings. The minimum absolute atomic E-state index is 0.0849. The first-order valence-corrected chi connectivity index (χ1v) is 10.9. The summed E-state index contributed by atoms with van der Waals surface area (Å²) in [6, 6.07) is 18.1. The number of carbonyl (C=O) groups is 1. The molecule has 0 aliphatic carbocycles. The molecule has 2 aromatic heterocycles. The monoisotopic (exact) mass is 414 g/mol. The minimum Gasteiger partial charge on any atom is -0.339 e. The molecule has 0 N–H and O–H groups in total. The predicted molar refractivity (Wildman–Crippen MR) is 121 cm³/mol. The van der Waals surface area contributed by atoms with Crippen molar-refractivity contribution in [2.45, 2.75) is 26.2 Å². The first-order chi connectivity index (χ1) is 15.2. The van der Waals surface area contributed by atoms with E-state index in [0.29, 0.717) is 13.1 Å². The van der Waals surface area contributed by atoms with Crippen molar-refractivity contribution in [1.29, 1.82) is 0 Å². The average Bonchev–Trinajstić information content (AvgIpc) is 3.22. The Balaban J connectivity index is 1.40. The molecule has 7 nitrogen and oxygen atoms in total. The number of rotatable bonds is 4. The van der Waals surface area contributed by atoms with Crippen molar-refractivity contribution in [1.82, 2.24) is 24.5 Å². The molecule has 1 unspecified atom stereocenters. The Morgan fingerprint density at radius 3 is 2.42 bits per heavy atom. The van der Waals surface area contributed by atoms with Crippen molar-refractivity contribution in [3.8, 4) is 0 Å². The number of hydrogen-bond donors (Lipinski definition) is 0. The molecule has 31 heavy (non-hydrogen) atoms. The van der Waals surface area contributed by atoms with Crippen LogP contribution in [0.3, 0.4) is 0 Å². The van der Waals surface area contributed by atoms with Crippen LogP contribution in [0.2, 0.25) is 0 Å². The number of nitrogens with zero attached hydrogens (tertiary/aromatic N) is 6. The lowest BCUT2D eigenvalue weighted by Crippen LogP contribution is -2.50. The van der Waals surface area contributed by atoms with Crippen LogP contribution in [0, 0.1) is 6.92 Å². The Bertz CT molecular complexity index is 1230.